The lowest BCUT2D eigenvalue weighted by Gasteiger charge is -2.34. The summed E-state index contributed by atoms with van der Waals surface area (Å²) in [7, 11) is -2.38. The molecule has 1 aliphatic heterocycles. The monoisotopic (exact) mass is 537 g/mol. The standard InChI is InChI=1S/C22H22F3N7O4S/c1-26-19(33)15-3-2-4-16(13-15)29-20-27-14-28-21(30-20)31-9-11-32(12-10-31)37(34,35)18-7-5-17(6-8-18)36-22(23,24)25/h2-8,13-14H,9-12H2,1H3,(H,26,33)(H,27,28,29,30). The molecule has 4 rings (SSSR count). The number of sulfonamides is 1. The van der Waals surface area contributed by atoms with E-state index in [9.17, 15) is 26.4 Å². The van der Waals surface area contributed by atoms with Crippen molar-refractivity contribution in [3.8, 4) is 5.75 Å². The van der Waals surface area contributed by atoms with Gasteiger partial charge >= 0.3 is 6.36 Å². The first-order valence-corrected chi connectivity index (χ1v) is 12.4. The summed E-state index contributed by atoms with van der Waals surface area (Å²) in [5, 5.41) is 5.57. The Morgan fingerprint density at radius 3 is 2.38 bits per heavy atom. The van der Waals surface area contributed by atoms with E-state index in [1.165, 1.54) is 17.7 Å². The fraction of sp³-hybridized carbons (Fsp3) is 0.273. The van der Waals surface area contributed by atoms with Crippen molar-refractivity contribution in [3.63, 3.8) is 0 Å². The molecule has 37 heavy (non-hydrogen) atoms. The fourth-order valence-corrected chi connectivity index (χ4v) is 5.02. The molecule has 1 saturated heterocycles. The van der Waals surface area contributed by atoms with Crippen LogP contribution in [0.1, 0.15) is 10.4 Å². The first-order chi connectivity index (χ1) is 17.5. The van der Waals surface area contributed by atoms with Crippen molar-refractivity contribution in [2.45, 2.75) is 11.3 Å². The lowest BCUT2D eigenvalue weighted by atomic mass is 10.2. The Labute approximate surface area is 210 Å². The van der Waals surface area contributed by atoms with Crippen LogP contribution in [0.5, 0.6) is 5.75 Å². The van der Waals surface area contributed by atoms with E-state index in [0.29, 0.717) is 17.2 Å². The van der Waals surface area contributed by atoms with Crippen LogP contribution in [0.25, 0.3) is 0 Å². The first-order valence-electron chi connectivity index (χ1n) is 10.9. The van der Waals surface area contributed by atoms with Crippen LogP contribution in [0.15, 0.2) is 59.8 Å². The molecule has 2 aromatic carbocycles. The quantitative estimate of drug-likeness (QED) is 0.467. The van der Waals surface area contributed by atoms with Crippen molar-refractivity contribution in [1.29, 1.82) is 0 Å². The summed E-state index contributed by atoms with van der Waals surface area (Å²) in [5.74, 6) is -0.157. The molecule has 0 spiro atoms. The minimum absolute atomic E-state index is 0.117. The lowest BCUT2D eigenvalue weighted by Crippen LogP contribution is -2.49. The Bertz CT molecular complexity index is 1360. The summed E-state index contributed by atoms with van der Waals surface area (Å²) in [4.78, 5) is 26.2. The molecule has 1 aromatic heterocycles. The second kappa shape index (κ2) is 10.6. The number of halogens is 3. The molecule has 0 saturated carbocycles. The van der Waals surface area contributed by atoms with Crippen molar-refractivity contribution in [2.75, 3.05) is 43.4 Å². The Balaban J connectivity index is 1.40. The Morgan fingerprint density at radius 2 is 1.73 bits per heavy atom. The van der Waals surface area contributed by atoms with E-state index in [1.54, 1.807) is 29.2 Å². The van der Waals surface area contributed by atoms with Gasteiger partial charge in [-0.3, -0.25) is 4.79 Å². The molecule has 0 unspecified atom stereocenters. The van der Waals surface area contributed by atoms with Crippen LogP contribution in [0, 0.1) is 0 Å². The van der Waals surface area contributed by atoms with Crippen molar-refractivity contribution in [1.82, 2.24) is 24.6 Å². The fourth-order valence-electron chi connectivity index (χ4n) is 3.60. The molecular formula is C22H22F3N7O4S. The number of benzene rings is 2. The lowest BCUT2D eigenvalue weighted by molar-refractivity contribution is -0.274. The number of nitrogens with zero attached hydrogens (tertiary/aromatic N) is 5. The summed E-state index contributed by atoms with van der Waals surface area (Å²) < 4.78 is 68.0. The summed E-state index contributed by atoms with van der Waals surface area (Å²) in [6, 6.07) is 10.8. The van der Waals surface area contributed by atoms with E-state index in [4.69, 9.17) is 0 Å². The molecule has 15 heteroatoms. The number of carbonyl (C=O) groups is 1. The molecule has 1 amide bonds. The number of aromatic nitrogens is 3. The molecule has 11 nitrogen and oxygen atoms in total. The van der Waals surface area contributed by atoms with Crippen LogP contribution in [-0.2, 0) is 10.0 Å². The van der Waals surface area contributed by atoms with E-state index >= 15 is 0 Å². The number of rotatable bonds is 7. The van der Waals surface area contributed by atoms with Gasteiger partial charge in [0.25, 0.3) is 5.91 Å². The van der Waals surface area contributed by atoms with Gasteiger partial charge in [0.1, 0.15) is 12.1 Å². The van der Waals surface area contributed by atoms with Crippen molar-refractivity contribution in [3.05, 3.63) is 60.4 Å². The van der Waals surface area contributed by atoms with Gasteiger partial charge in [0, 0.05) is 44.5 Å². The highest BCUT2D eigenvalue weighted by molar-refractivity contribution is 7.89. The molecule has 3 aromatic rings. The number of anilines is 3. The Morgan fingerprint density at radius 1 is 1.03 bits per heavy atom. The topological polar surface area (TPSA) is 130 Å². The number of amides is 1. The molecule has 2 N–H and O–H groups in total. The predicted octanol–water partition coefficient (Wildman–Crippen LogP) is 2.38. The van der Waals surface area contributed by atoms with Crippen LogP contribution >= 0.6 is 0 Å². The van der Waals surface area contributed by atoms with Gasteiger partial charge in [-0.05, 0) is 42.5 Å². The second-order valence-electron chi connectivity index (χ2n) is 7.80. The number of carbonyl (C=O) groups excluding carboxylic acids is 1. The molecule has 196 valence electrons. The third-order valence-electron chi connectivity index (χ3n) is 5.38. The number of ether oxygens (including phenoxy) is 1. The highest BCUT2D eigenvalue weighted by atomic mass is 32.2. The molecule has 1 fully saturated rings. The zero-order valence-corrected chi connectivity index (χ0v) is 20.3. The average molecular weight is 538 g/mol. The summed E-state index contributed by atoms with van der Waals surface area (Å²) in [6.07, 6.45) is -3.54. The zero-order chi connectivity index (χ0) is 26.6. The molecule has 0 radical (unpaired) electrons. The summed E-state index contributed by atoms with van der Waals surface area (Å²) in [5.41, 5.74) is 1.06. The summed E-state index contributed by atoms with van der Waals surface area (Å²) >= 11 is 0. The van der Waals surface area contributed by atoms with Crippen molar-refractivity contribution < 1.29 is 31.1 Å². The summed E-state index contributed by atoms with van der Waals surface area (Å²) in [6.45, 7) is 0.797. The SMILES string of the molecule is CNC(=O)c1cccc(Nc2ncnc(N3CCN(S(=O)(=O)c4ccc(OC(F)(F)F)cc4)CC3)n2)c1. The van der Waals surface area contributed by atoms with Gasteiger partial charge in [-0.25, -0.2) is 18.4 Å². The average Bonchev–Trinajstić information content (AvgIpc) is 2.88. The molecule has 0 atom stereocenters. The highest BCUT2D eigenvalue weighted by Gasteiger charge is 2.32. The molecule has 0 aliphatic carbocycles. The second-order valence-corrected chi connectivity index (χ2v) is 9.74. The maximum Gasteiger partial charge on any atom is 0.573 e. The normalized spacial score (nSPS) is 14.8. The smallest absolute Gasteiger partial charge is 0.406 e. The molecular weight excluding hydrogens is 515 g/mol. The van der Waals surface area contributed by atoms with Gasteiger partial charge in [-0.2, -0.15) is 9.29 Å². The van der Waals surface area contributed by atoms with Crippen molar-refractivity contribution >= 4 is 33.5 Å². The van der Waals surface area contributed by atoms with E-state index in [-0.39, 0.29) is 42.9 Å². The number of piperazine rings is 1. The molecule has 0 bridgehead atoms. The predicted molar refractivity (Wildman–Crippen MR) is 127 cm³/mol. The van der Waals surface area contributed by atoms with Gasteiger partial charge in [0.15, 0.2) is 0 Å². The Hall–Kier alpha value is -3.98. The van der Waals surface area contributed by atoms with Gasteiger partial charge in [-0.15, -0.1) is 13.2 Å². The van der Waals surface area contributed by atoms with E-state index in [2.05, 4.69) is 30.3 Å². The number of nitrogens with one attached hydrogen (secondary N) is 2. The first kappa shape index (κ1) is 26.1. The Kier molecular flexibility index (Phi) is 7.45. The number of hydrogen-bond donors (Lipinski definition) is 2. The van der Waals surface area contributed by atoms with Crippen LogP contribution in [0.3, 0.4) is 0 Å². The van der Waals surface area contributed by atoms with Crippen molar-refractivity contribution in [2.24, 2.45) is 0 Å². The molecule has 1 aliphatic rings. The van der Waals surface area contributed by atoms with Crippen LogP contribution in [-0.4, -0.2) is 73.2 Å². The third-order valence-corrected chi connectivity index (χ3v) is 7.30. The maximum absolute atomic E-state index is 12.9. The van der Waals surface area contributed by atoms with E-state index in [0.717, 1.165) is 24.3 Å². The number of hydrogen-bond acceptors (Lipinski definition) is 9. The largest absolute Gasteiger partial charge is 0.573 e. The van der Waals surface area contributed by atoms with Gasteiger partial charge in [0.05, 0.1) is 4.90 Å². The third kappa shape index (κ3) is 6.42. The van der Waals surface area contributed by atoms with Gasteiger partial charge in [-0.1, -0.05) is 6.07 Å². The minimum atomic E-state index is -4.86. The highest BCUT2D eigenvalue weighted by Crippen LogP contribution is 2.26. The minimum Gasteiger partial charge on any atom is -0.406 e. The van der Waals surface area contributed by atoms with Crippen LogP contribution in [0.2, 0.25) is 0 Å². The van der Waals surface area contributed by atoms with Gasteiger partial charge < -0.3 is 20.3 Å². The zero-order valence-electron chi connectivity index (χ0n) is 19.4. The van der Waals surface area contributed by atoms with E-state index < -0.39 is 22.1 Å². The van der Waals surface area contributed by atoms with Crippen LogP contribution < -0.4 is 20.3 Å². The molecule has 2 heterocycles. The maximum atomic E-state index is 12.9. The number of alkyl halides is 3. The van der Waals surface area contributed by atoms with E-state index in [1.807, 2.05) is 0 Å². The van der Waals surface area contributed by atoms with Crippen LogP contribution in [0.4, 0.5) is 30.8 Å². The van der Waals surface area contributed by atoms with Gasteiger partial charge in [0.2, 0.25) is 21.9 Å².